The Bertz CT molecular complexity index is 708. The lowest BCUT2D eigenvalue weighted by Gasteiger charge is -2.37. The summed E-state index contributed by atoms with van der Waals surface area (Å²) >= 11 is 0. The van der Waals surface area contributed by atoms with Crippen molar-refractivity contribution in [3.05, 3.63) is 36.1 Å². The maximum absolute atomic E-state index is 13.5. The summed E-state index contributed by atoms with van der Waals surface area (Å²) in [5.74, 6) is 0.718. The van der Waals surface area contributed by atoms with E-state index in [-0.39, 0.29) is 23.9 Å². The zero-order chi connectivity index (χ0) is 15.8. The fourth-order valence-corrected chi connectivity index (χ4v) is 3.88. The second kappa shape index (κ2) is 6.06. The van der Waals surface area contributed by atoms with Crippen LogP contribution in [-0.4, -0.2) is 42.0 Å². The third kappa shape index (κ3) is 2.79. The molecule has 0 saturated carbocycles. The van der Waals surface area contributed by atoms with E-state index in [1.165, 1.54) is 12.1 Å². The molecule has 3 atom stereocenters. The van der Waals surface area contributed by atoms with Crippen molar-refractivity contribution < 1.29 is 14.2 Å². The van der Waals surface area contributed by atoms with Gasteiger partial charge in [-0.1, -0.05) is 0 Å². The first-order valence-corrected chi connectivity index (χ1v) is 8.31. The van der Waals surface area contributed by atoms with Crippen molar-refractivity contribution in [3.63, 3.8) is 0 Å². The predicted octanol–water partition coefficient (Wildman–Crippen LogP) is 2.74. The Labute approximate surface area is 134 Å². The number of aliphatic hydroxyl groups excluding tert-OH is 1. The highest BCUT2D eigenvalue weighted by Gasteiger charge is 2.38. The van der Waals surface area contributed by atoms with E-state index in [1.54, 1.807) is 6.07 Å². The van der Waals surface area contributed by atoms with Crippen LogP contribution in [0.25, 0.3) is 10.9 Å². The van der Waals surface area contributed by atoms with Gasteiger partial charge >= 0.3 is 0 Å². The van der Waals surface area contributed by atoms with Gasteiger partial charge in [-0.3, -0.25) is 0 Å². The van der Waals surface area contributed by atoms with Crippen LogP contribution in [0.4, 0.5) is 10.2 Å². The van der Waals surface area contributed by atoms with Gasteiger partial charge in [0, 0.05) is 36.6 Å². The van der Waals surface area contributed by atoms with E-state index in [4.69, 9.17) is 4.74 Å². The van der Waals surface area contributed by atoms with Crippen LogP contribution in [0, 0.1) is 11.7 Å². The molecule has 2 aliphatic heterocycles. The van der Waals surface area contributed by atoms with Crippen LogP contribution in [0.5, 0.6) is 0 Å². The molecule has 0 amide bonds. The lowest BCUT2D eigenvalue weighted by molar-refractivity contribution is -0.0438. The number of anilines is 1. The van der Waals surface area contributed by atoms with Crippen LogP contribution >= 0.6 is 0 Å². The molecule has 2 aliphatic rings. The average Bonchev–Trinajstić information content (AvgIpc) is 3.04. The maximum atomic E-state index is 13.5. The van der Waals surface area contributed by atoms with E-state index in [0.29, 0.717) is 25.2 Å². The summed E-state index contributed by atoms with van der Waals surface area (Å²) in [6.45, 7) is 2.16. The number of halogens is 1. The fourth-order valence-electron chi connectivity index (χ4n) is 3.88. The summed E-state index contributed by atoms with van der Waals surface area (Å²) in [5.41, 5.74) is 0.675. The lowest BCUT2D eigenvalue weighted by atomic mass is 9.89. The molecule has 3 heterocycles. The van der Waals surface area contributed by atoms with Crippen molar-refractivity contribution in [1.29, 1.82) is 0 Å². The molecule has 0 spiro atoms. The van der Waals surface area contributed by atoms with Crippen LogP contribution in [-0.2, 0) is 4.74 Å². The van der Waals surface area contributed by atoms with Gasteiger partial charge in [0.15, 0.2) is 0 Å². The number of hydrogen-bond donors (Lipinski definition) is 1. The van der Waals surface area contributed by atoms with Gasteiger partial charge in [0.25, 0.3) is 0 Å². The average molecular weight is 316 g/mol. The first kappa shape index (κ1) is 14.8. The van der Waals surface area contributed by atoms with Crippen LogP contribution in [0.1, 0.15) is 19.3 Å². The van der Waals surface area contributed by atoms with Crippen molar-refractivity contribution in [2.45, 2.75) is 31.4 Å². The number of nitrogens with zero attached hydrogens (tertiary/aromatic N) is 2. The van der Waals surface area contributed by atoms with Gasteiger partial charge in [-0.15, -0.1) is 0 Å². The standard InChI is InChI=1S/C18H21FN2O2/c19-13-5-3-12-4-6-18(20-15(12)10-13)21-8-1-2-16(21)14-11-23-9-7-17(14)22/h3-6,10,14,16-17,22H,1-2,7-9,11H2. The molecule has 2 aromatic rings. The summed E-state index contributed by atoms with van der Waals surface area (Å²) in [4.78, 5) is 6.91. The van der Waals surface area contributed by atoms with E-state index in [1.807, 2.05) is 12.1 Å². The van der Waals surface area contributed by atoms with E-state index in [9.17, 15) is 9.50 Å². The Morgan fingerprint density at radius 2 is 2.09 bits per heavy atom. The quantitative estimate of drug-likeness (QED) is 0.925. The molecule has 0 bridgehead atoms. The Morgan fingerprint density at radius 1 is 1.22 bits per heavy atom. The van der Waals surface area contributed by atoms with Crippen molar-refractivity contribution in [2.75, 3.05) is 24.7 Å². The van der Waals surface area contributed by atoms with E-state index < -0.39 is 0 Å². The van der Waals surface area contributed by atoms with Gasteiger partial charge in [0.05, 0.1) is 18.2 Å². The molecule has 4 rings (SSSR count). The lowest BCUT2D eigenvalue weighted by Crippen LogP contribution is -2.46. The minimum absolute atomic E-state index is 0.122. The zero-order valence-electron chi connectivity index (χ0n) is 13.0. The normalized spacial score (nSPS) is 28.4. The molecular formula is C18H21FN2O2. The number of ether oxygens (including phenoxy) is 1. The minimum atomic E-state index is -0.313. The van der Waals surface area contributed by atoms with Gasteiger partial charge in [-0.05, 0) is 43.5 Å². The van der Waals surface area contributed by atoms with Gasteiger partial charge in [0.2, 0.25) is 0 Å². The molecule has 2 saturated heterocycles. The molecule has 122 valence electrons. The Kier molecular flexibility index (Phi) is 3.91. The topological polar surface area (TPSA) is 45.6 Å². The summed E-state index contributed by atoms with van der Waals surface area (Å²) in [6, 6.07) is 8.90. The Hall–Kier alpha value is -1.72. The number of pyridine rings is 1. The monoisotopic (exact) mass is 316 g/mol. The second-order valence-electron chi connectivity index (χ2n) is 6.50. The Balaban J connectivity index is 1.65. The molecule has 4 nitrogen and oxygen atoms in total. The number of fused-ring (bicyclic) bond motifs is 1. The molecule has 1 N–H and O–H groups in total. The van der Waals surface area contributed by atoms with Gasteiger partial charge < -0.3 is 14.7 Å². The summed E-state index contributed by atoms with van der Waals surface area (Å²) < 4.78 is 19.0. The van der Waals surface area contributed by atoms with Gasteiger partial charge in [-0.2, -0.15) is 0 Å². The molecule has 3 unspecified atom stereocenters. The number of benzene rings is 1. The van der Waals surface area contributed by atoms with E-state index in [0.717, 1.165) is 30.6 Å². The molecule has 1 aromatic carbocycles. The number of hydrogen-bond acceptors (Lipinski definition) is 4. The van der Waals surface area contributed by atoms with Gasteiger partial charge in [-0.25, -0.2) is 9.37 Å². The molecular weight excluding hydrogens is 295 g/mol. The minimum Gasteiger partial charge on any atom is -0.393 e. The van der Waals surface area contributed by atoms with E-state index in [2.05, 4.69) is 9.88 Å². The third-order valence-corrected chi connectivity index (χ3v) is 5.09. The van der Waals surface area contributed by atoms with Crippen LogP contribution < -0.4 is 4.90 Å². The van der Waals surface area contributed by atoms with Crippen molar-refractivity contribution in [1.82, 2.24) is 4.98 Å². The largest absolute Gasteiger partial charge is 0.393 e. The number of aliphatic hydroxyl groups is 1. The SMILES string of the molecule is OC1CCOCC1C1CCCN1c1ccc2ccc(F)cc2n1. The maximum Gasteiger partial charge on any atom is 0.129 e. The first-order chi connectivity index (χ1) is 11.2. The van der Waals surface area contributed by atoms with Crippen LogP contribution in [0.15, 0.2) is 30.3 Å². The summed E-state index contributed by atoms with van der Waals surface area (Å²) in [5, 5.41) is 11.3. The summed E-state index contributed by atoms with van der Waals surface area (Å²) in [6.07, 6.45) is 2.50. The van der Waals surface area contributed by atoms with Crippen LogP contribution in [0.2, 0.25) is 0 Å². The molecule has 0 radical (unpaired) electrons. The number of aromatic nitrogens is 1. The highest BCUT2D eigenvalue weighted by molar-refractivity contribution is 5.80. The molecule has 2 fully saturated rings. The zero-order valence-corrected chi connectivity index (χ0v) is 13.0. The Morgan fingerprint density at radius 3 is 2.96 bits per heavy atom. The molecule has 23 heavy (non-hydrogen) atoms. The fraction of sp³-hybridized carbons (Fsp3) is 0.500. The molecule has 1 aromatic heterocycles. The predicted molar refractivity (Wildman–Crippen MR) is 87.0 cm³/mol. The highest BCUT2D eigenvalue weighted by Crippen LogP contribution is 2.33. The van der Waals surface area contributed by atoms with E-state index >= 15 is 0 Å². The highest BCUT2D eigenvalue weighted by atomic mass is 19.1. The van der Waals surface area contributed by atoms with Crippen molar-refractivity contribution in [3.8, 4) is 0 Å². The third-order valence-electron chi connectivity index (χ3n) is 5.09. The summed E-state index contributed by atoms with van der Waals surface area (Å²) in [7, 11) is 0. The van der Waals surface area contributed by atoms with Crippen molar-refractivity contribution in [2.24, 2.45) is 5.92 Å². The molecule has 5 heteroatoms. The first-order valence-electron chi connectivity index (χ1n) is 8.31. The second-order valence-corrected chi connectivity index (χ2v) is 6.50. The van der Waals surface area contributed by atoms with Crippen molar-refractivity contribution >= 4 is 16.7 Å². The molecule has 0 aliphatic carbocycles. The van der Waals surface area contributed by atoms with Gasteiger partial charge in [0.1, 0.15) is 11.6 Å². The smallest absolute Gasteiger partial charge is 0.129 e. The van der Waals surface area contributed by atoms with Crippen LogP contribution in [0.3, 0.4) is 0 Å². The number of rotatable bonds is 2.